The maximum Gasteiger partial charge on any atom is 0.137 e. The molecule has 0 saturated carbocycles. The maximum absolute atomic E-state index is 4.28. The number of fused-ring (bicyclic) bond motifs is 1. The molecule has 0 aliphatic heterocycles. The van der Waals surface area contributed by atoms with E-state index in [9.17, 15) is 0 Å². The fraction of sp³-hybridized carbons (Fsp3) is 0.333. The summed E-state index contributed by atoms with van der Waals surface area (Å²) in [6.45, 7) is 5.26. The number of aromatic nitrogens is 2. The van der Waals surface area contributed by atoms with Crippen molar-refractivity contribution in [1.82, 2.24) is 9.97 Å². The highest BCUT2D eigenvalue weighted by Crippen LogP contribution is 2.25. The van der Waals surface area contributed by atoms with Crippen LogP contribution in [-0.2, 0) is 0 Å². The molecule has 4 heteroatoms. The van der Waals surface area contributed by atoms with E-state index < -0.39 is 0 Å². The minimum absolute atomic E-state index is 0.595. The Bertz CT molecular complexity index is 497. The highest BCUT2D eigenvalue weighted by Gasteiger charge is 2.05. The molecule has 1 aromatic carbocycles. The van der Waals surface area contributed by atoms with Crippen LogP contribution >= 0.6 is 15.9 Å². The van der Waals surface area contributed by atoms with Gasteiger partial charge in [-0.2, -0.15) is 0 Å². The first-order valence-corrected chi connectivity index (χ1v) is 6.11. The Morgan fingerprint density at radius 3 is 2.88 bits per heavy atom. The van der Waals surface area contributed by atoms with Crippen molar-refractivity contribution in [3.05, 3.63) is 29.0 Å². The Hall–Kier alpha value is -1.16. The first-order chi connectivity index (χ1) is 7.68. The van der Waals surface area contributed by atoms with E-state index >= 15 is 0 Å². The van der Waals surface area contributed by atoms with E-state index in [4.69, 9.17) is 0 Å². The number of nitrogens with zero attached hydrogens (tertiary/aromatic N) is 2. The molecule has 0 amide bonds. The van der Waals surface area contributed by atoms with Gasteiger partial charge in [-0.3, -0.25) is 0 Å². The van der Waals surface area contributed by atoms with Crippen LogP contribution in [0.3, 0.4) is 0 Å². The van der Waals surface area contributed by atoms with Crippen molar-refractivity contribution in [3.8, 4) is 0 Å². The number of rotatable bonds is 3. The minimum Gasteiger partial charge on any atom is -0.369 e. The molecule has 1 heterocycles. The summed E-state index contributed by atoms with van der Waals surface area (Å²) in [5.74, 6) is 1.50. The smallest absolute Gasteiger partial charge is 0.137 e. The molecule has 16 heavy (non-hydrogen) atoms. The predicted octanol–water partition coefficient (Wildman–Crippen LogP) is 3.46. The monoisotopic (exact) mass is 279 g/mol. The van der Waals surface area contributed by atoms with E-state index in [1.165, 1.54) is 0 Å². The lowest BCUT2D eigenvalue weighted by Crippen LogP contribution is -2.09. The van der Waals surface area contributed by atoms with E-state index in [0.29, 0.717) is 5.92 Å². The fourth-order valence-electron chi connectivity index (χ4n) is 1.49. The zero-order valence-corrected chi connectivity index (χ0v) is 11.0. The molecule has 0 saturated heterocycles. The van der Waals surface area contributed by atoms with Gasteiger partial charge in [0.25, 0.3) is 0 Å². The van der Waals surface area contributed by atoms with Gasteiger partial charge in [0.15, 0.2) is 0 Å². The Morgan fingerprint density at radius 2 is 2.12 bits per heavy atom. The Morgan fingerprint density at radius 1 is 1.31 bits per heavy atom. The third-order valence-corrected chi connectivity index (χ3v) is 2.93. The molecular weight excluding hydrogens is 266 g/mol. The second kappa shape index (κ2) is 4.78. The molecule has 3 nitrogen and oxygen atoms in total. The van der Waals surface area contributed by atoms with Gasteiger partial charge in [0.2, 0.25) is 0 Å². The molecule has 1 aromatic heterocycles. The lowest BCUT2D eigenvalue weighted by Gasteiger charge is -2.10. The van der Waals surface area contributed by atoms with Crippen LogP contribution in [0.2, 0.25) is 0 Å². The van der Waals surface area contributed by atoms with Crippen molar-refractivity contribution >= 4 is 32.7 Å². The highest BCUT2D eigenvalue weighted by molar-refractivity contribution is 9.10. The summed E-state index contributed by atoms with van der Waals surface area (Å²) >= 11 is 3.49. The second-order valence-electron chi connectivity index (χ2n) is 4.13. The van der Waals surface area contributed by atoms with Crippen molar-refractivity contribution in [2.75, 3.05) is 11.9 Å². The van der Waals surface area contributed by atoms with Gasteiger partial charge in [-0.25, -0.2) is 9.97 Å². The number of halogens is 1. The number of para-hydroxylation sites is 1. The summed E-state index contributed by atoms with van der Waals surface area (Å²) in [5, 5.41) is 4.40. The number of hydrogen-bond acceptors (Lipinski definition) is 3. The molecule has 1 N–H and O–H groups in total. The van der Waals surface area contributed by atoms with Crippen LogP contribution in [0.1, 0.15) is 13.8 Å². The van der Waals surface area contributed by atoms with Gasteiger partial charge in [-0.15, -0.1) is 0 Å². The highest BCUT2D eigenvalue weighted by atomic mass is 79.9. The Balaban J connectivity index is 2.42. The van der Waals surface area contributed by atoms with Crippen LogP contribution in [0.25, 0.3) is 10.9 Å². The second-order valence-corrected chi connectivity index (χ2v) is 4.99. The van der Waals surface area contributed by atoms with Gasteiger partial charge in [0.1, 0.15) is 12.1 Å². The molecule has 0 bridgehead atoms. The normalized spacial score (nSPS) is 11.0. The van der Waals surface area contributed by atoms with Gasteiger partial charge < -0.3 is 5.32 Å². The number of anilines is 1. The van der Waals surface area contributed by atoms with Gasteiger partial charge >= 0.3 is 0 Å². The van der Waals surface area contributed by atoms with E-state index in [-0.39, 0.29) is 0 Å². The molecular formula is C12H14BrN3. The minimum atomic E-state index is 0.595. The molecule has 2 aromatic rings. The topological polar surface area (TPSA) is 37.8 Å². The van der Waals surface area contributed by atoms with Crippen molar-refractivity contribution in [2.45, 2.75) is 13.8 Å². The third-order valence-electron chi connectivity index (χ3n) is 2.29. The number of hydrogen-bond donors (Lipinski definition) is 1. The summed E-state index contributed by atoms with van der Waals surface area (Å²) in [6.07, 6.45) is 1.59. The van der Waals surface area contributed by atoms with Gasteiger partial charge in [0, 0.05) is 16.4 Å². The van der Waals surface area contributed by atoms with Crippen molar-refractivity contribution in [2.24, 2.45) is 5.92 Å². The van der Waals surface area contributed by atoms with Crippen molar-refractivity contribution < 1.29 is 0 Å². The van der Waals surface area contributed by atoms with Gasteiger partial charge in [0.05, 0.1) is 5.52 Å². The van der Waals surface area contributed by atoms with Gasteiger partial charge in [-0.1, -0.05) is 19.9 Å². The fourth-order valence-corrected chi connectivity index (χ4v) is 1.96. The van der Waals surface area contributed by atoms with E-state index in [2.05, 4.69) is 45.1 Å². The van der Waals surface area contributed by atoms with E-state index in [1.54, 1.807) is 6.33 Å². The average molecular weight is 280 g/mol. The molecule has 0 atom stereocenters. The first-order valence-electron chi connectivity index (χ1n) is 5.31. The zero-order valence-electron chi connectivity index (χ0n) is 9.37. The Kier molecular flexibility index (Phi) is 3.39. The molecule has 84 valence electrons. The van der Waals surface area contributed by atoms with Crippen LogP contribution < -0.4 is 5.32 Å². The zero-order chi connectivity index (χ0) is 11.5. The summed E-state index contributed by atoms with van der Waals surface area (Å²) in [7, 11) is 0. The summed E-state index contributed by atoms with van der Waals surface area (Å²) in [5.41, 5.74) is 0.948. The molecule has 0 aliphatic rings. The molecule has 0 aliphatic carbocycles. The largest absolute Gasteiger partial charge is 0.369 e. The maximum atomic E-state index is 4.28. The van der Waals surface area contributed by atoms with Crippen LogP contribution in [0.15, 0.2) is 29.0 Å². The first kappa shape index (κ1) is 11.3. The van der Waals surface area contributed by atoms with Crippen LogP contribution in [0, 0.1) is 5.92 Å². The lowest BCUT2D eigenvalue weighted by molar-refractivity contribution is 0.687. The molecule has 0 unspecified atom stereocenters. The van der Waals surface area contributed by atoms with E-state index in [0.717, 1.165) is 27.7 Å². The summed E-state index contributed by atoms with van der Waals surface area (Å²) in [4.78, 5) is 8.55. The molecule has 0 radical (unpaired) electrons. The summed E-state index contributed by atoms with van der Waals surface area (Å²) in [6, 6.07) is 6.01. The standard InChI is InChI=1S/C12H14BrN3/c1-8(2)6-14-12-9-4-3-5-10(13)11(9)15-7-16-12/h3-5,7-8H,6H2,1-2H3,(H,14,15,16). The van der Waals surface area contributed by atoms with E-state index in [1.807, 2.05) is 18.2 Å². The van der Waals surface area contributed by atoms with Crippen LogP contribution in [0.5, 0.6) is 0 Å². The average Bonchev–Trinajstić information content (AvgIpc) is 2.27. The SMILES string of the molecule is CC(C)CNc1ncnc2c(Br)cccc12. The van der Waals surface area contributed by atoms with Crippen LogP contribution in [-0.4, -0.2) is 16.5 Å². The quantitative estimate of drug-likeness (QED) is 0.935. The van der Waals surface area contributed by atoms with Gasteiger partial charge in [-0.05, 0) is 34.0 Å². The summed E-state index contributed by atoms with van der Waals surface area (Å²) < 4.78 is 1.000. The predicted molar refractivity (Wildman–Crippen MR) is 70.6 cm³/mol. The van der Waals surface area contributed by atoms with Crippen molar-refractivity contribution in [1.29, 1.82) is 0 Å². The number of nitrogens with one attached hydrogen (secondary N) is 1. The number of benzene rings is 1. The molecule has 2 rings (SSSR count). The Labute approximate surface area is 103 Å². The lowest BCUT2D eigenvalue weighted by atomic mass is 10.2. The third kappa shape index (κ3) is 2.32. The molecule has 0 spiro atoms. The molecule has 0 fully saturated rings. The van der Waals surface area contributed by atoms with Crippen LogP contribution in [0.4, 0.5) is 5.82 Å². The van der Waals surface area contributed by atoms with Crippen molar-refractivity contribution in [3.63, 3.8) is 0 Å².